The number of morpholine rings is 1. The summed E-state index contributed by atoms with van der Waals surface area (Å²) in [5.41, 5.74) is 0.771. The highest BCUT2D eigenvalue weighted by Crippen LogP contribution is 2.05. The predicted molar refractivity (Wildman–Crippen MR) is 68.4 cm³/mol. The van der Waals surface area contributed by atoms with Gasteiger partial charge in [0.1, 0.15) is 0 Å². The molecule has 1 saturated heterocycles. The summed E-state index contributed by atoms with van der Waals surface area (Å²) in [6.45, 7) is 3.77. The second-order valence-electron chi connectivity index (χ2n) is 4.41. The molecule has 0 amide bonds. The highest BCUT2D eigenvalue weighted by Gasteiger charge is 2.12. The Morgan fingerprint density at radius 1 is 1.22 bits per heavy atom. The third-order valence-corrected chi connectivity index (χ3v) is 3.19. The first-order valence-corrected chi connectivity index (χ1v) is 6.09. The zero-order valence-electron chi connectivity index (χ0n) is 10.1. The Morgan fingerprint density at radius 2 is 2.00 bits per heavy atom. The molecule has 0 spiro atoms. The summed E-state index contributed by atoms with van der Waals surface area (Å²) >= 11 is 0. The summed E-state index contributed by atoms with van der Waals surface area (Å²) in [5.74, 6) is 0. The molecule has 0 aliphatic carbocycles. The van der Waals surface area contributed by atoms with Crippen LogP contribution in [0.25, 0.3) is 10.9 Å². The van der Waals surface area contributed by atoms with Gasteiger partial charge in [-0.3, -0.25) is 14.3 Å². The van der Waals surface area contributed by atoms with Crippen LogP contribution in [0.2, 0.25) is 0 Å². The van der Waals surface area contributed by atoms with Gasteiger partial charge in [-0.25, -0.2) is 4.98 Å². The van der Waals surface area contributed by atoms with Gasteiger partial charge in [0, 0.05) is 13.1 Å². The molecule has 1 aliphatic heterocycles. The summed E-state index contributed by atoms with van der Waals surface area (Å²) in [4.78, 5) is 18.8. The van der Waals surface area contributed by atoms with Crippen molar-refractivity contribution in [3.8, 4) is 0 Å². The first-order valence-electron chi connectivity index (χ1n) is 6.09. The second kappa shape index (κ2) is 4.88. The quantitative estimate of drug-likeness (QED) is 0.781. The van der Waals surface area contributed by atoms with Gasteiger partial charge in [-0.2, -0.15) is 0 Å². The van der Waals surface area contributed by atoms with E-state index in [-0.39, 0.29) is 5.56 Å². The van der Waals surface area contributed by atoms with Crippen LogP contribution in [0.4, 0.5) is 0 Å². The van der Waals surface area contributed by atoms with Crippen molar-refractivity contribution in [2.75, 3.05) is 26.3 Å². The Kier molecular flexibility index (Phi) is 3.08. The summed E-state index contributed by atoms with van der Waals surface area (Å²) in [6.07, 6.45) is 1.63. The van der Waals surface area contributed by atoms with E-state index >= 15 is 0 Å². The highest BCUT2D eigenvalue weighted by molar-refractivity contribution is 5.76. The zero-order valence-corrected chi connectivity index (χ0v) is 10.1. The molecule has 1 aromatic carbocycles. The molecular weight excluding hydrogens is 230 g/mol. The van der Waals surface area contributed by atoms with E-state index in [1.54, 1.807) is 10.9 Å². The largest absolute Gasteiger partial charge is 0.379 e. The van der Waals surface area contributed by atoms with Crippen molar-refractivity contribution in [1.82, 2.24) is 14.5 Å². The Balaban J connectivity index is 1.92. The number of hydrogen-bond acceptors (Lipinski definition) is 4. The van der Waals surface area contributed by atoms with E-state index < -0.39 is 0 Å². The maximum Gasteiger partial charge on any atom is 0.262 e. The first kappa shape index (κ1) is 11.4. The molecule has 0 saturated carbocycles. The minimum atomic E-state index is 0.0205. The number of hydrogen-bond donors (Lipinski definition) is 0. The number of aromatic nitrogens is 2. The van der Waals surface area contributed by atoms with Crippen LogP contribution < -0.4 is 5.56 Å². The van der Waals surface area contributed by atoms with Gasteiger partial charge in [-0.05, 0) is 12.1 Å². The van der Waals surface area contributed by atoms with Crippen LogP contribution >= 0.6 is 0 Å². The lowest BCUT2D eigenvalue weighted by molar-refractivity contribution is 0.0228. The summed E-state index contributed by atoms with van der Waals surface area (Å²) in [5, 5.41) is 0.674. The van der Waals surface area contributed by atoms with Gasteiger partial charge in [-0.15, -0.1) is 0 Å². The van der Waals surface area contributed by atoms with Crippen molar-refractivity contribution in [2.24, 2.45) is 0 Å². The Hall–Kier alpha value is -1.72. The lowest BCUT2D eigenvalue weighted by Crippen LogP contribution is -2.40. The summed E-state index contributed by atoms with van der Waals surface area (Å²) < 4.78 is 6.95. The minimum Gasteiger partial charge on any atom is -0.379 e. The molecule has 0 N–H and O–H groups in total. The van der Waals surface area contributed by atoms with E-state index in [2.05, 4.69) is 9.88 Å². The lowest BCUT2D eigenvalue weighted by atomic mass is 10.2. The molecule has 0 unspecified atom stereocenters. The zero-order chi connectivity index (χ0) is 12.4. The third-order valence-electron chi connectivity index (χ3n) is 3.19. The molecule has 5 heteroatoms. The normalized spacial score (nSPS) is 17.1. The van der Waals surface area contributed by atoms with Gasteiger partial charge in [0.05, 0.1) is 37.1 Å². The third kappa shape index (κ3) is 2.14. The number of nitrogens with zero attached hydrogens (tertiary/aromatic N) is 3. The SMILES string of the molecule is O=c1c2ccccc2ncn1CN1CCOCC1. The molecule has 94 valence electrons. The number of fused-ring (bicyclic) bond motifs is 1. The predicted octanol–water partition coefficient (Wildman–Crippen LogP) is 0.686. The Bertz CT molecular complexity index is 602. The summed E-state index contributed by atoms with van der Waals surface area (Å²) in [7, 11) is 0. The van der Waals surface area contributed by atoms with Gasteiger partial charge < -0.3 is 4.74 Å². The molecule has 0 radical (unpaired) electrons. The molecule has 0 bridgehead atoms. The molecule has 2 aromatic rings. The fraction of sp³-hybridized carbons (Fsp3) is 0.385. The molecular formula is C13H15N3O2. The molecule has 1 fully saturated rings. The molecule has 1 aliphatic rings. The van der Waals surface area contributed by atoms with Crippen LogP contribution in [0.1, 0.15) is 0 Å². The lowest BCUT2D eigenvalue weighted by Gasteiger charge is -2.26. The van der Waals surface area contributed by atoms with Crippen LogP contribution in [-0.2, 0) is 11.4 Å². The Labute approximate surface area is 105 Å². The first-order chi connectivity index (χ1) is 8.84. The van der Waals surface area contributed by atoms with Gasteiger partial charge >= 0.3 is 0 Å². The van der Waals surface area contributed by atoms with E-state index in [1.165, 1.54) is 0 Å². The average Bonchev–Trinajstić information content (AvgIpc) is 2.43. The summed E-state index contributed by atoms with van der Waals surface area (Å²) in [6, 6.07) is 7.43. The monoisotopic (exact) mass is 245 g/mol. The molecule has 18 heavy (non-hydrogen) atoms. The van der Waals surface area contributed by atoms with E-state index in [9.17, 15) is 4.79 Å². The standard InChI is InChI=1S/C13H15N3O2/c17-13-11-3-1-2-4-12(11)14-9-16(13)10-15-5-7-18-8-6-15/h1-4,9H,5-8,10H2. The molecule has 0 atom stereocenters. The minimum absolute atomic E-state index is 0.0205. The molecule has 5 nitrogen and oxygen atoms in total. The van der Waals surface area contributed by atoms with Crippen molar-refractivity contribution in [2.45, 2.75) is 6.67 Å². The van der Waals surface area contributed by atoms with Gasteiger partial charge in [0.15, 0.2) is 0 Å². The van der Waals surface area contributed by atoms with Crippen molar-refractivity contribution in [3.63, 3.8) is 0 Å². The van der Waals surface area contributed by atoms with Crippen molar-refractivity contribution < 1.29 is 4.74 Å². The van der Waals surface area contributed by atoms with Crippen molar-refractivity contribution in [1.29, 1.82) is 0 Å². The van der Waals surface area contributed by atoms with Crippen LogP contribution in [0.5, 0.6) is 0 Å². The van der Waals surface area contributed by atoms with Crippen molar-refractivity contribution in [3.05, 3.63) is 40.9 Å². The van der Waals surface area contributed by atoms with Gasteiger partial charge in [-0.1, -0.05) is 12.1 Å². The highest BCUT2D eigenvalue weighted by atomic mass is 16.5. The van der Waals surface area contributed by atoms with Crippen molar-refractivity contribution >= 4 is 10.9 Å². The smallest absolute Gasteiger partial charge is 0.262 e. The molecule has 2 heterocycles. The number of rotatable bonds is 2. The van der Waals surface area contributed by atoms with Crippen LogP contribution in [0.15, 0.2) is 35.4 Å². The van der Waals surface area contributed by atoms with E-state index in [0.717, 1.165) is 31.8 Å². The molecule has 3 rings (SSSR count). The van der Waals surface area contributed by atoms with E-state index in [1.807, 2.05) is 24.3 Å². The van der Waals surface area contributed by atoms with Crippen LogP contribution in [0, 0.1) is 0 Å². The van der Waals surface area contributed by atoms with Crippen LogP contribution in [0.3, 0.4) is 0 Å². The van der Waals surface area contributed by atoms with Gasteiger partial charge in [0.25, 0.3) is 5.56 Å². The second-order valence-corrected chi connectivity index (χ2v) is 4.41. The average molecular weight is 245 g/mol. The maximum atomic E-state index is 12.3. The molecule has 1 aromatic heterocycles. The fourth-order valence-electron chi connectivity index (χ4n) is 2.16. The number of benzene rings is 1. The van der Waals surface area contributed by atoms with E-state index in [0.29, 0.717) is 12.1 Å². The van der Waals surface area contributed by atoms with E-state index in [4.69, 9.17) is 4.74 Å². The number of para-hydroxylation sites is 1. The topological polar surface area (TPSA) is 47.4 Å². The Morgan fingerprint density at radius 3 is 2.83 bits per heavy atom. The van der Waals surface area contributed by atoms with Gasteiger partial charge in [0.2, 0.25) is 0 Å². The van der Waals surface area contributed by atoms with Crippen LogP contribution in [-0.4, -0.2) is 40.8 Å². The fourth-order valence-corrected chi connectivity index (χ4v) is 2.16. The number of ether oxygens (including phenoxy) is 1. The maximum absolute atomic E-state index is 12.3.